The Morgan fingerprint density at radius 1 is 1.57 bits per heavy atom. The summed E-state index contributed by atoms with van der Waals surface area (Å²) in [7, 11) is 1.85. The minimum absolute atomic E-state index is 0.0325. The third kappa shape index (κ3) is 3.96. The molecule has 1 fully saturated rings. The van der Waals surface area contributed by atoms with Crippen LogP contribution in [0.25, 0.3) is 0 Å². The van der Waals surface area contributed by atoms with Gasteiger partial charge in [-0.1, -0.05) is 18.5 Å². The third-order valence-electron chi connectivity index (χ3n) is 4.07. The quantitative estimate of drug-likeness (QED) is 0.602. The molecule has 0 aliphatic carbocycles. The van der Waals surface area contributed by atoms with E-state index in [1.165, 1.54) is 0 Å². The van der Waals surface area contributed by atoms with Gasteiger partial charge in [-0.2, -0.15) is 5.10 Å². The van der Waals surface area contributed by atoms with Gasteiger partial charge in [-0.05, 0) is 26.3 Å². The second kappa shape index (κ2) is 7.56. The summed E-state index contributed by atoms with van der Waals surface area (Å²) in [4.78, 5) is 2.43. The normalized spacial score (nSPS) is 21.7. The Hall–Kier alpha value is -0.660. The van der Waals surface area contributed by atoms with E-state index in [1.54, 1.807) is 4.68 Å². The molecule has 0 amide bonds. The molecule has 0 saturated carbocycles. The zero-order valence-electron chi connectivity index (χ0n) is 13.1. The number of rotatable bonds is 6. The average Bonchev–Trinajstić information content (AvgIpc) is 2.71. The minimum atomic E-state index is 0.0325. The highest BCUT2D eigenvalue weighted by Gasteiger charge is 2.29. The van der Waals surface area contributed by atoms with E-state index >= 15 is 0 Å². The van der Waals surface area contributed by atoms with Crippen molar-refractivity contribution in [2.75, 3.05) is 26.2 Å². The number of nitrogens with one attached hydrogen (secondary N) is 1. The van der Waals surface area contributed by atoms with Gasteiger partial charge in [-0.25, -0.2) is 0 Å². The number of aromatic nitrogens is 2. The van der Waals surface area contributed by atoms with Crippen molar-refractivity contribution in [3.8, 4) is 0 Å². The maximum Gasteiger partial charge on any atom is 0.130 e. The Balaban J connectivity index is 2.05. The minimum Gasteiger partial charge on any atom is -0.374 e. The summed E-state index contributed by atoms with van der Waals surface area (Å²) in [6.45, 7) is 7.92. The fraction of sp³-hybridized carbons (Fsp3) is 0.786. The van der Waals surface area contributed by atoms with Gasteiger partial charge in [-0.15, -0.1) is 0 Å². The van der Waals surface area contributed by atoms with Crippen LogP contribution in [0.1, 0.15) is 24.6 Å². The van der Waals surface area contributed by atoms with E-state index in [2.05, 4.69) is 22.3 Å². The van der Waals surface area contributed by atoms with Crippen molar-refractivity contribution in [1.82, 2.24) is 20.1 Å². The number of hydrogen-bond acceptors (Lipinski definition) is 5. The van der Waals surface area contributed by atoms with Gasteiger partial charge in [0, 0.05) is 25.7 Å². The SMILES string of the molecule is CCCN1CCOC(C(Cc2c(C)nn(C)c2Cl)NN)C1. The van der Waals surface area contributed by atoms with Crippen molar-refractivity contribution in [2.45, 2.75) is 38.8 Å². The molecule has 7 heteroatoms. The smallest absolute Gasteiger partial charge is 0.130 e. The maximum absolute atomic E-state index is 6.31. The van der Waals surface area contributed by atoms with E-state index < -0.39 is 0 Å². The summed E-state index contributed by atoms with van der Waals surface area (Å²) in [6.07, 6.45) is 1.95. The summed E-state index contributed by atoms with van der Waals surface area (Å²) in [5.74, 6) is 5.76. The highest BCUT2D eigenvalue weighted by Crippen LogP contribution is 2.22. The lowest BCUT2D eigenvalue weighted by atomic mass is 10.0. The van der Waals surface area contributed by atoms with E-state index in [0.717, 1.165) is 50.3 Å². The van der Waals surface area contributed by atoms with E-state index in [-0.39, 0.29) is 12.1 Å². The summed E-state index contributed by atoms with van der Waals surface area (Å²) < 4.78 is 7.61. The van der Waals surface area contributed by atoms with Crippen LogP contribution in [0.3, 0.4) is 0 Å². The number of morpholine rings is 1. The average molecular weight is 316 g/mol. The van der Waals surface area contributed by atoms with Crippen molar-refractivity contribution < 1.29 is 4.74 Å². The van der Waals surface area contributed by atoms with Crippen LogP contribution in [0.5, 0.6) is 0 Å². The van der Waals surface area contributed by atoms with Crippen LogP contribution < -0.4 is 11.3 Å². The van der Waals surface area contributed by atoms with Crippen molar-refractivity contribution in [3.63, 3.8) is 0 Å². The number of ether oxygens (including phenoxy) is 1. The van der Waals surface area contributed by atoms with Crippen LogP contribution in [0, 0.1) is 6.92 Å². The Bertz CT molecular complexity index is 462. The van der Waals surface area contributed by atoms with Gasteiger partial charge < -0.3 is 4.74 Å². The summed E-state index contributed by atoms with van der Waals surface area (Å²) >= 11 is 6.31. The lowest BCUT2D eigenvalue weighted by molar-refractivity contribution is -0.0462. The van der Waals surface area contributed by atoms with Gasteiger partial charge in [0.05, 0.1) is 24.4 Å². The second-order valence-electron chi connectivity index (χ2n) is 5.67. The van der Waals surface area contributed by atoms with Gasteiger partial charge in [0.25, 0.3) is 0 Å². The molecule has 1 aromatic rings. The largest absolute Gasteiger partial charge is 0.374 e. The molecule has 2 atom stereocenters. The molecule has 0 bridgehead atoms. The first-order chi connectivity index (χ1) is 10.1. The molecule has 1 saturated heterocycles. The van der Waals surface area contributed by atoms with Gasteiger partial charge >= 0.3 is 0 Å². The first kappa shape index (κ1) is 16.7. The van der Waals surface area contributed by atoms with Gasteiger partial charge in [0.1, 0.15) is 5.15 Å². The zero-order valence-corrected chi connectivity index (χ0v) is 13.9. The van der Waals surface area contributed by atoms with E-state index in [9.17, 15) is 0 Å². The molecular formula is C14H26ClN5O. The van der Waals surface area contributed by atoms with Gasteiger partial charge in [-0.3, -0.25) is 20.9 Å². The van der Waals surface area contributed by atoms with Crippen molar-refractivity contribution in [3.05, 3.63) is 16.4 Å². The molecule has 6 nitrogen and oxygen atoms in total. The van der Waals surface area contributed by atoms with Crippen molar-refractivity contribution >= 4 is 11.6 Å². The van der Waals surface area contributed by atoms with Crippen LogP contribution in [-0.4, -0.2) is 53.1 Å². The lowest BCUT2D eigenvalue weighted by Gasteiger charge is -2.36. The second-order valence-corrected chi connectivity index (χ2v) is 6.02. The van der Waals surface area contributed by atoms with E-state index in [4.69, 9.17) is 22.2 Å². The van der Waals surface area contributed by atoms with Crippen LogP contribution in [0.15, 0.2) is 0 Å². The topological polar surface area (TPSA) is 68.3 Å². The van der Waals surface area contributed by atoms with Gasteiger partial charge in [0.15, 0.2) is 0 Å². The standard InChI is InChI=1S/C14H26ClN5O/c1-4-5-20-6-7-21-13(9-20)12(17-16)8-11-10(2)18-19(3)14(11)15/h12-13,17H,4-9,16H2,1-3H3. The Morgan fingerprint density at radius 3 is 2.90 bits per heavy atom. The number of hydrazine groups is 1. The fourth-order valence-corrected chi connectivity index (χ4v) is 3.17. The molecule has 2 rings (SSSR count). The highest BCUT2D eigenvalue weighted by atomic mass is 35.5. The first-order valence-electron chi connectivity index (χ1n) is 7.54. The number of aryl methyl sites for hydroxylation is 2. The van der Waals surface area contributed by atoms with Crippen LogP contribution in [0.2, 0.25) is 5.15 Å². The molecule has 0 spiro atoms. The van der Waals surface area contributed by atoms with E-state index in [0.29, 0.717) is 5.15 Å². The zero-order chi connectivity index (χ0) is 15.4. The summed E-state index contributed by atoms with van der Waals surface area (Å²) in [5.41, 5.74) is 4.89. The highest BCUT2D eigenvalue weighted by molar-refractivity contribution is 6.30. The van der Waals surface area contributed by atoms with Crippen LogP contribution >= 0.6 is 11.6 Å². The number of hydrogen-bond donors (Lipinski definition) is 2. The van der Waals surface area contributed by atoms with Crippen molar-refractivity contribution in [2.24, 2.45) is 12.9 Å². The van der Waals surface area contributed by atoms with Gasteiger partial charge in [0.2, 0.25) is 0 Å². The molecule has 2 heterocycles. The molecule has 0 radical (unpaired) electrons. The maximum atomic E-state index is 6.31. The summed E-state index contributed by atoms with van der Waals surface area (Å²) in [6, 6.07) is 0.0325. The fourth-order valence-electron chi connectivity index (χ4n) is 2.92. The molecule has 3 N–H and O–H groups in total. The molecule has 1 aromatic heterocycles. The Morgan fingerprint density at radius 2 is 2.33 bits per heavy atom. The van der Waals surface area contributed by atoms with Crippen LogP contribution in [0.4, 0.5) is 0 Å². The predicted molar refractivity (Wildman–Crippen MR) is 84.2 cm³/mol. The number of halogens is 1. The lowest BCUT2D eigenvalue weighted by Crippen LogP contribution is -2.54. The monoisotopic (exact) mass is 315 g/mol. The molecule has 0 aromatic carbocycles. The molecule has 21 heavy (non-hydrogen) atoms. The first-order valence-corrected chi connectivity index (χ1v) is 7.92. The number of nitrogens with two attached hydrogens (primary N) is 1. The molecule has 2 unspecified atom stereocenters. The number of nitrogens with zero attached hydrogens (tertiary/aromatic N) is 3. The third-order valence-corrected chi connectivity index (χ3v) is 4.55. The summed E-state index contributed by atoms with van der Waals surface area (Å²) in [5, 5.41) is 5.03. The molecule has 1 aliphatic rings. The Labute approximate surface area is 131 Å². The molecule has 120 valence electrons. The van der Waals surface area contributed by atoms with E-state index in [1.807, 2.05) is 14.0 Å². The molecule has 1 aliphatic heterocycles. The predicted octanol–water partition coefficient (Wildman–Crippen LogP) is 0.867. The molecular weight excluding hydrogens is 290 g/mol. The van der Waals surface area contributed by atoms with Crippen LogP contribution in [-0.2, 0) is 18.2 Å². The Kier molecular flexibility index (Phi) is 6.01. The van der Waals surface area contributed by atoms with Crippen molar-refractivity contribution in [1.29, 1.82) is 0 Å².